The molecule has 0 saturated carbocycles. The van der Waals surface area contributed by atoms with Crippen molar-refractivity contribution in [1.82, 2.24) is 73.8 Å². The van der Waals surface area contributed by atoms with E-state index in [0.29, 0.717) is 0 Å². The van der Waals surface area contributed by atoms with E-state index in [-0.39, 0.29) is 120 Å². The van der Waals surface area contributed by atoms with Crippen molar-refractivity contribution in [3.8, 4) is 0 Å². The van der Waals surface area contributed by atoms with Crippen LogP contribution in [0.3, 0.4) is 0 Å². The molecule has 21 nitrogen and oxygen atoms in total. The van der Waals surface area contributed by atoms with Gasteiger partial charge in [-0.2, -0.15) is 0 Å². The van der Waals surface area contributed by atoms with Gasteiger partial charge in [0.15, 0.2) is 0 Å². The maximum absolute atomic E-state index is 8.56. The van der Waals surface area contributed by atoms with Gasteiger partial charge in [-0.05, 0) is 0 Å². The zero-order chi connectivity index (χ0) is 10.7. The van der Waals surface area contributed by atoms with Gasteiger partial charge in [0.05, 0.1) is 0 Å². The van der Waals surface area contributed by atoms with E-state index in [4.69, 9.17) is 45.0 Å². The summed E-state index contributed by atoms with van der Waals surface area (Å²) in [7, 11) is 0. The molecule has 0 aromatic rings. The number of carbonyl (C=O) groups is 3. The molecule has 0 fully saturated rings. The molecule has 0 aliphatic carbocycles. The molecule has 0 aliphatic heterocycles. The molecule has 0 atom stereocenters. The van der Waals surface area contributed by atoms with Crippen molar-refractivity contribution in [2.75, 3.05) is 0 Å². The van der Waals surface area contributed by atoms with Crippen LogP contribution >= 0.6 is 12.4 Å². The first-order valence-electron chi connectivity index (χ1n) is 1.95. The minimum atomic E-state index is -1.83. The fourth-order valence-corrected chi connectivity index (χ4v) is 0. The Bertz CT molecular complexity index is 148. The minimum Gasteiger partial charge on any atom is -0.450 e. The predicted octanol–water partition coefficient (Wildman–Crippen LogP) is 3.03. The molecular formula is C3H43ClCo2N12O9. The second kappa shape index (κ2) is 236. The predicted molar refractivity (Wildman–Crippen MR) is 99.5 cm³/mol. The average Bonchev–Trinajstić information content (AvgIpc) is 1.54. The third kappa shape index (κ3) is 6750. The van der Waals surface area contributed by atoms with E-state index in [1.54, 1.807) is 0 Å². The van der Waals surface area contributed by atoms with Crippen LogP contribution in [0.5, 0.6) is 0 Å². The zero-order valence-electron chi connectivity index (χ0n) is 15.0. The maximum atomic E-state index is 8.56. The van der Waals surface area contributed by atoms with Crippen molar-refractivity contribution in [3.05, 3.63) is 0 Å². The molecule has 0 bridgehead atoms. The van der Waals surface area contributed by atoms with E-state index in [1.165, 1.54) is 0 Å². The Hall–Kier alpha value is -1.37. The van der Waals surface area contributed by atoms with Crippen molar-refractivity contribution in [2.24, 2.45) is 0 Å². The van der Waals surface area contributed by atoms with Gasteiger partial charge >= 0.3 is 18.5 Å². The first kappa shape index (κ1) is 267. The molecule has 0 unspecified atom stereocenters. The summed E-state index contributed by atoms with van der Waals surface area (Å²) in [5.41, 5.74) is 0. The van der Waals surface area contributed by atoms with E-state index in [9.17, 15) is 0 Å². The summed E-state index contributed by atoms with van der Waals surface area (Å²) in [5, 5.41) is 41.8. The standard InChI is InChI=1S/3CH2O3.ClH.2Co.12H3N/c3*2-1(3)4;;;;;;;;;;;;;;;/h3*(H2,2,3,4);1H;;;12*1H3. The van der Waals surface area contributed by atoms with Crippen LogP contribution in [0.1, 0.15) is 0 Å². The first-order chi connectivity index (χ1) is 5.20. The van der Waals surface area contributed by atoms with E-state index >= 15 is 0 Å². The minimum absolute atomic E-state index is 0. The molecule has 0 aliphatic rings. The molecule has 0 rings (SSSR count). The normalized spacial score (nSPS) is 2.67. The fraction of sp³-hybridized carbons (Fsp3) is 0. The average molecular weight is 545 g/mol. The van der Waals surface area contributed by atoms with E-state index in [2.05, 4.69) is 0 Å². The quantitative estimate of drug-likeness (QED) is 0.208. The topological polar surface area (TPSA) is 593 Å². The summed E-state index contributed by atoms with van der Waals surface area (Å²) in [6, 6.07) is 0. The van der Waals surface area contributed by atoms with Crippen LogP contribution in [0.2, 0.25) is 0 Å². The number of hydrogen-bond donors (Lipinski definition) is 18. The summed E-state index contributed by atoms with van der Waals surface area (Å²) in [6.07, 6.45) is -5.50. The van der Waals surface area contributed by atoms with Crippen molar-refractivity contribution in [2.45, 2.75) is 0 Å². The third-order valence-electron chi connectivity index (χ3n) is 0. The Kier molecular flexibility index (Phi) is 2330. The van der Waals surface area contributed by atoms with Crippen LogP contribution in [0.25, 0.3) is 0 Å². The summed E-state index contributed by atoms with van der Waals surface area (Å²) < 4.78 is 0. The molecule has 0 aromatic heterocycles. The fourth-order valence-electron chi connectivity index (χ4n) is 0. The van der Waals surface area contributed by atoms with Crippen LogP contribution in [0.4, 0.5) is 14.4 Å². The summed E-state index contributed by atoms with van der Waals surface area (Å²) in [4.78, 5) is 25.7. The van der Waals surface area contributed by atoms with Crippen molar-refractivity contribution in [3.63, 3.8) is 0 Å². The van der Waals surface area contributed by atoms with Crippen LogP contribution in [-0.2, 0) is 33.6 Å². The Balaban J connectivity index is -0.00000000220. The molecule has 0 amide bonds. The summed E-state index contributed by atoms with van der Waals surface area (Å²) >= 11 is 0. The Labute approximate surface area is 183 Å². The van der Waals surface area contributed by atoms with Gasteiger partial charge in [0.25, 0.3) is 0 Å². The summed E-state index contributed by atoms with van der Waals surface area (Å²) in [5.74, 6) is 0. The van der Waals surface area contributed by atoms with Gasteiger partial charge in [0.1, 0.15) is 0 Å². The smallest absolute Gasteiger partial charge is 0.450 e. The van der Waals surface area contributed by atoms with Crippen molar-refractivity contribution < 1.29 is 78.6 Å². The molecule has 0 spiro atoms. The largest absolute Gasteiger partial charge is 0.503 e. The Morgan fingerprint density at radius 1 is 0.333 bits per heavy atom. The first-order valence-corrected chi connectivity index (χ1v) is 1.95. The second-order valence-corrected chi connectivity index (χ2v) is 0.848. The van der Waals surface area contributed by atoms with Gasteiger partial charge in [-0.3, -0.25) is 0 Å². The maximum Gasteiger partial charge on any atom is 0.503 e. The third-order valence-corrected chi connectivity index (χ3v) is 0. The van der Waals surface area contributed by atoms with E-state index in [1.807, 2.05) is 0 Å². The molecular weight excluding hydrogens is 501 g/mol. The zero-order valence-corrected chi connectivity index (χ0v) is 17.9. The van der Waals surface area contributed by atoms with Gasteiger partial charge < -0.3 is 104 Å². The van der Waals surface area contributed by atoms with Crippen LogP contribution in [0, 0.1) is 0 Å². The number of halogens is 1. The molecule has 27 heavy (non-hydrogen) atoms. The molecule has 24 heteroatoms. The second-order valence-electron chi connectivity index (χ2n) is 0.848. The van der Waals surface area contributed by atoms with Crippen LogP contribution in [-0.4, -0.2) is 49.1 Å². The number of hydrogen-bond acceptors (Lipinski definition) is 15. The molecule has 0 aromatic carbocycles. The molecule has 194 valence electrons. The summed E-state index contributed by atoms with van der Waals surface area (Å²) in [6.45, 7) is 0. The van der Waals surface area contributed by atoms with Gasteiger partial charge in [-0.15, -0.1) is 12.4 Å². The molecule has 0 saturated heterocycles. The number of rotatable bonds is 0. The monoisotopic (exact) mass is 544 g/mol. The van der Waals surface area contributed by atoms with Crippen LogP contribution < -0.4 is 73.8 Å². The SMILES string of the molecule is Cl.N.N.N.N.N.N.N.N.N.N.N.N.O=C(O)O.O=C(O)O.O=C(O)O.[Co].[Co]. The number of carboxylic acid groups (broad SMARTS) is 6. The molecule has 42 N–H and O–H groups in total. The van der Waals surface area contributed by atoms with Gasteiger partial charge in [-0.25, -0.2) is 14.4 Å². The Morgan fingerprint density at radius 3 is 0.333 bits per heavy atom. The van der Waals surface area contributed by atoms with E-state index < -0.39 is 18.5 Å². The Morgan fingerprint density at radius 2 is 0.333 bits per heavy atom. The van der Waals surface area contributed by atoms with Gasteiger partial charge in [0, 0.05) is 33.6 Å². The molecule has 0 heterocycles. The van der Waals surface area contributed by atoms with E-state index in [0.717, 1.165) is 0 Å². The van der Waals surface area contributed by atoms with Crippen molar-refractivity contribution in [1.29, 1.82) is 0 Å². The van der Waals surface area contributed by atoms with Crippen LogP contribution in [0.15, 0.2) is 0 Å². The molecule has 2 radical (unpaired) electrons. The van der Waals surface area contributed by atoms with Gasteiger partial charge in [0.2, 0.25) is 0 Å². The van der Waals surface area contributed by atoms with Gasteiger partial charge in [-0.1, -0.05) is 0 Å². The van der Waals surface area contributed by atoms with Crippen molar-refractivity contribution >= 4 is 30.9 Å².